The molecule has 5 nitrogen and oxygen atoms in total. The number of terminal acetylenes is 1. The first-order valence-electron chi connectivity index (χ1n) is 10.6. The predicted molar refractivity (Wildman–Crippen MR) is 121 cm³/mol. The Balaban J connectivity index is 2.49. The molecule has 0 saturated heterocycles. The molecule has 1 heterocycles. The number of methoxy groups -OCH3 is 1. The highest BCUT2D eigenvalue weighted by Gasteiger charge is 2.21. The summed E-state index contributed by atoms with van der Waals surface area (Å²) in [6, 6.07) is 0. The fraction of sp³-hybridized carbons (Fsp3) is 0.600. The van der Waals surface area contributed by atoms with E-state index in [1.807, 2.05) is 12.2 Å². The molecular formula is C25H38O5. The molecular weight excluding hydrogens is 380 g/mol. The second-order valence-corrected chi connectivity index (χ2v) is 7.94. The Morgan fingerprint density at radius 2 is 2.17 bits per heavy atom. The molecule has 0 aromatic carbocycles. The fourth-order valence-corrected chi connectivity index (χ4v) is 3.51. The van der Waals surface area contributed by atoms with Crippen LogP contribution in [0.1, 0.15) is 45.4 Å². The van der Waals surface area contributed by atoms with Crippen LogP contribution in [0.4, 0.5) is 0 Å². The molecule has 0 amide bonds. The van der Waals surface area contributed by atoms with Crippen LogP contribution in [0, 0.1) is 18.3 Å². The summed E-state index contributed by atoms with van der Waals surface area (Å²) < 4.78 is 16.8. The quantitative estimate of drug-likeness (QED) is 0.240. The van der Waals surface area contributed by atoms with Gasteiger partial charge in [-0.2, -0.15) is 0 Å². The van der Waals surface area contributed by atoms with E-state index in [0.717, 1.165) is 24.8 Å². The zero-order valence-corrected chi connectivity index (χ0v) is 18.4. The normalized spacial score (nSPS) is 22.9. The summed E-state index contributed by atoms with van der Waals surface area (Å²) in [5, 5.41) is 19.4. The van der Waals surface area contributed by atoms with E-state index in [2.05, 4.69) is 38.2 Å². The minimum absolute atomic E-state index is 0.0241. The monoisotopic (exact) mass is 418 g/mol. The van der Waals surface area contributed by atoms with Gasteiger partial charge in [-0.25, -0.2) is 0 Å². The van der Waals surface area contributed by atoms with Crippen LogP contribution in [-0.4, -0.2) is 54.6 Å². The van der Waals surface area contributed by atoms with Crippen LogP contribution in [-0.2, 0) is 14.2 Å². The van der Waals surface area contributed by atoms with E-state index in [1.54, 1.807) is 7.11 Å². The van der Waals surface area contributed by atoms with Gasteiger partial charge in [0.25, 0.3) is 0 Å². The summed E-state index contributed by atoms with van der Waals surface area (Å²) in [7, 11) is 1.58. The Morgan fingerprint density at radius 3 is 2.83 bits per heavy atom. The molecule has 0 aliphatic carbocycles. The SMILES string of the molecule is C#CC[C@@H]1C=CC[C@@H](C[C@@H](C)CC(=C)C[C@@H](/C=C/C[C@H](O)[C@@H](O)C=C)OCOC)O1. The van der Waals surface area contributed by atoms with Gasteiger partial charge in [0.15, 0.2) is 0 Å². The van der Waals surface area contributed by atoms with Gasteiger partial charge in [-0.3, -0.25) is 0 Å². The molecule has 0 unspecified atom stereocenters. The van der Waals surface area contributed by atoms with E-state index in [1.165, 1.54) is 6.08 Å². The molecule has 0 aromatic rings. The Bertz CT molecular complexity index is 603. The van der Waals surface area contributed by atoms with Gasteiger partial charge in [0.05, 0.1) is 30.5 Å². The Labute approximate surface area is 182 Å². The number of rotatable bonds is 15. The van der Waals surface area contributed by atoms with E-state index in [9.17, 15) is 10.2 Å². The average Bonchev–Trinajstić information content (AvgIpc) is 2.71. The molecule has 0 bridgehead atoms. The summed E-state index contributed by atoms with van der Waals surface area (Å²) in [6.07, 6.45) is 17.1. The van der Waals surface area contributed by atoms with Crippen molar-refractivity contribution in [2.24, 2.45) is 5.92 Å². The summed E-state index contributed by atoms with van der Waals surface area (Å²) in [6.45, 7) is 10.1. The van der Waals surface area contributed by atoms with Crippen LogP contribution in [0.5, 0.6) is 0 Å². The molecule has 1 aliphatic rings. The topological polar surface area (TPSA) is 68.2 Å². The first kappa shape index (κ1) is 26.4. The lowest BCUT2D eigenvalue weighted by Crippen LogP contribution is -2.25. The van der Waals surface area contributed by atoms with Crippen molar-refractivity contribution >= 4 is 0 Å². The summed E-state index contributed by atoms with van der Waals surface area (Å²) >= 11 is 0. The van der Waals surface area contributed by atoms with Gasteiger partial charge >= 0.3 is 0 Å². The van der Waals surface area contributed by atoms with E-state index >= 15 is 0 Å². The second kappa shape index (κ2) is 15.2. The largest absolute Gasteiger partial charge is 0.390 e. The van der Waals surface area contributed by atoms with Crippen LogP contribution >= 0.6 is 0 Å². The third kappa shape index (κ3) is 10.9. The van der Waals surface area contributed by atoms with Crippen molar-refractivity contribution in [1.29, 1.82) is 0 Å². The van der Waals surface area contributed by atoms with Crippen LogP contribution in [0.3, 0.4) is 0 Å². The van der Waals surface area contributed by atoms with Gasteiger partial charge in [-0.1, -0.05) is 49.5 Å². The number of hydrogen-bond acceptors (Lipinski definition) is 5. The Hall–Kier alpha value is -1.68. The van der Waals surface area contributed by atoms with E-state index < -0.39 is 12.2 Å². The summed E-state index contributed by atoms with van der Waals surface area (Å²) in [5.74, 6) is 3.09. The fourth-order valence-electron chi connectivity index (χ4n) is 3.51. The van der Waals surface area contributed by atoms with E-state index in [-0.39, 0.29) is 25.1 Å². The summed E-state index contributed by atoms with van der Waals surface area (Å²) in [5.41, 5.74) is 1.09. The Morgan fingerprint density at radius 1 is 1.40 bits per heavy atom. The smallest absolute Gasteiger partial charge is 0.147 e. The van der Waals surface area contributed by atoms with Crippen LogP contribution < -0.4 is 0 Å². The molecule has 0 radical (unpaired) electrons. The van der Waals surface area contributed by atoms with Crippen molar-refractivity contribution in [3.05, 3.63) is 49.1 Å². The zero-order valence-electron chi connectivity index (χ0n) is 18.4. The third-order valence-electron chi connectivity index (χ3n) is 4.99. The van der Waals surface area contributed by atoms with Crippen molar-refractivity contribution in [3.8, 4) is 12.3 Å². The zero-order chi connectivity index (χ0) is 22.4. The van der Waals surface area contributed by atoms with Gasteiger partial charge in [-0.05, 0) is 38.0 Å². The van der Waals surface area contributed by atoms with Gasteiger partial charge in [0, 0.05) is 13.5 Å². The third-order valence-corrected chi connectivity index (χ3v) is 4.99. The number of hydrogen-bond donors (Lipinski definition) is 2. The van der Waals surface area contributed by atoms with Gasteiger partial charge in [0.1, 0.15) is 6.79 Å². The van der Waals surface area contributed by atoms with Crippen LogP contribution in [0.2, 0.25) is 0 Å². The molecule has 0 aromatic heterocycles. The molecule has 0 spiro atoms. The number of aliphatic hydroxyl groups is 2. The van der Waals surface area contributed by atoms with Crippen molar-refractivity contribution in [3.63, 3.8) is 0 Å². The maximum atomic E-state index is 9.83. The van der Waals surface area contributed by atoms with Crippen molar-refractivity contribution < 1.29 is 24.4 Å². The first-order chi connectivity index (χ1) is 14.4. The van der Waals surface area contributed by atoms with Gasteiger partial charge in [0.2, 0.25) is 0 Å². The average molecular weight is 419 g/mol. The maximum Gasteiger partial charge on any atom is 0.147 e. The van der Waals surface area contributed by atoms with Crippen LogP contribution in [0.15, 0.2) is 49.1 Å². The van der Waals surface area contributed by atoms with Crippen molar-refractivity contribution in [1.82, 2.24) is 0 Å². The predicted octanol–water partition coefficient (Wildman–Crippen LogP) is 3.93. The first-order valence-corrected chi connectivity index (χ1v) is 10.6. The second-order valence-electron chi connectivity index (χ2n) is 7.94. The molecule has 1 rings (SSSR count). The molecule has 2 N–H and O–H groups in total. The molecule has 168 valence electrons. The highest BCUT2D eigenvalue weighted by molar-refractivity contribution is 5.05. The molecule has 30 heavy (non-hydrogen) atoms. The van der Waals surface area contributed by atoms with Crippen molar-refractivity contribution in [2.45, 2.75) is 76.0 Å². The standard InChI is InChI=1S/C25H38O5/c1-6-10-21-11-8-13-23(30-21)17-20(4)15-19(3)16-22(29-18-28-5)12-9-14-25(27)24(26)7-2/h1,7-9,11-12,20-27H,2-3,10,13-18H2,4-5H3/b12-9+/t20-,21+,22+,23-,24-,25-/m0/s1. The van der Waals surface area contributed by atoms with E-state index in [4.69, 9.17) is 20.6 Å². The Kier molecular flexibility index (Phi) is 13.3. The van der Waals surface area contributed by atoms with E-state index in [0.29, 0.717) is 25.2 Å². The molecule has 0 fully saturated rings. The maximum absolute atomic E-state index is 9.83. The number of aliphatic hydroxyl groups excluding tert-OH is 2. The van der Waals surface area contributed by atoms with Crippen molar-refractivity contribution in [2.75, 3.05) is 13.9 Å². The lowest BCUT2D eigenvalue weighted by atomic mass is 9.91. The molecule has 5 heteroatoms. The van der Waals surface area contributed by atoms with Gasteiger partial charge in [-0.15, -0.1) is 18.9 Å². The molecule has 0 saturated carbocycles. The number of ether oxygens (including phenoxy) is 3. The minimum atomic E-state index is -0.944. The molecule has 6 atom stereocenters. The highest BCUT2D eigenvalue weighted by Crippen LogP contribution is 2.25. The highest BCUT2D eigenvalue weighted by atomic mass is 16.7. The minimum Gasteiger partial charge on any atom is -0.390 e. The lowest BCUT2D eigenvalue weighted by Gasteiger charge is -2.27. The lowest BCUT2D eigenvalue weighted by molar-refractivity contribution is -0.0553. The van der Waals surface area contributed by atoms with Crippen LogP contribution in [0.25, 0.3) is 0 Å². The molecule has 1 aliphatic heterocycles. The summed E-state index contributed by atoms with van der Waals surface area (Å²) in [4.78, 5) is 0. The van der Waals surface area contributed by atoms with Gasteiger partial charge < -0.3 is 24.4 Å².